The lowest BCUT2D eigenvalue weighted by Crippen LogP contribution is -2.29. The molecule has 1 atom stereocenters. The summed E-state index contributed by atoms with van der Waals surface area (Å²) in [6.45, 7) is 2.51. The minimum atomic E-state index is -0.932. The van der Waals surface area contributed by atoms with Crippen LogP contribution in [0.1, 0.15) is 36.1 Å². The number of aromatic nitrogens is 2. The highest BCUT2D eigenvalue weighted by atomic mass is 32.2. The predicted octanol–water partition coefficient (Wildman–Crippen LogP) is 6.38. The van der Waals surface area contributed by atoms with Crippen molar-refractivity contribution in [1.82, 2.24) is 10.2 Å². The van der Waals surface area contributed by atoms with E-state index in [1.54, 1.807) is 66.7 Å². The van der Waals surface area contributed by atoms with Crippen molar-refractivity contribution in [2.24, 2.45) is 0 Å². The number of aliphatic hydroxyl groups is 1. The van der Waals surface area contributed by atoms with Gasteiger partial charge in [0, 0.05) is 11.3 Å². The highest BCUT2D eigenvalue weighted by Gasteiger charge is 2.48. The topological polar surface area (TPSA) is 92.6 Å². The lowest BCUT2D eigenvalue weighted by atomic mass is 9.95. The molecule has 198 valence electrons. The Bertz CT molecular complexity index is 1520. The average Bonchev–Trinajstić information content (AvgIpc) is 3.53. The van der Waals surface area contributed by atoms with E-state index in [-0.39, 0.29) is 22.3 Å². The van der Waals surface area contributed by atoms with Crippen LogP contribution in [0.15, 0.2) is 88.8 Å². The monoisotopic (exact) mass is 561 g/mol. The summed E-state index contributed by atoms with van der Waals surface area (Å²) in [4.78, 5) is 28.1. The maximum Gasteiger partial charge on any atom is 0.301 e. The van der Waals surface area contributed by atoms with E-state index in [9.17, 15) is 19.1 Å². The van der Waals surface area contributed by atoms with Gasteiger partial charge in [-0.3, -0.25) is 14.5 Å². The second-order valence-corrected chi connectivity index (χ2v) is 10.9. The molecule has 39 heavy (non-hydrogen) atoms. The van der Waals surface area contributed by atoms with Gasteiger partial charge in [0.25, 0.3) is 5.78 Å². The highest BCUT2D eigenvalue weighted by molar-refractivity contribution is 8.00. The molecule has 0 saturated carbocycles. The fraction of sp³-hybridized carbons (Fsp3) is 0.172. The van der Waals surface area contributed by atoms with Gasteiger partial charge in [0.1, 0.15) is 17.3 Å². The van der Waals surface area contributed by atoms with Gasteiger partial charge in [-0.15, -0.1) is 10.2 Å². The first-order chi connectivity index (χ1) is 19.0. The summed E-state index contributed by atoms with van der Waals surface area (Å²) in [7, 11) is 0. The van der Waals surface area contributed by atoms with E-state index in [4.69, 9.17) is 4.74 Å². The maximum absolute atomic E-state index is 13.4. The number of halogens is 1. The number of hydrogen-bond donors (Lipinski definition) is 1. The van der Waals surface area contributed by atoms with Gasteiger partial charge in [0.05, 0.1) is 18.2 Å². The molecule has 1 fully saturated rings. The van der Waals surface area contributed by atoms with Crippen LogP contribution >= 0.6 is 23.1 Å². The number of amides is 1. The predicted molar refractivity (Wildman–Crippen MR) is 149 cm³/mol. The van der Waals surface area contributed by atoms with Crippen LogP contribution in [0, 0.1) is 5.82 Å². The molecule has 0 spiro atoms. The van der Waals surface area contributed by atoms with E-state index in [1.165, 1.54) is 40.1 Å². The van der Waals surface area contributed by atoms with Crippen molar-refractivity contribution in [3.63, 3.8) is 0 Å². The number of hydrogen-bond acceptors (Lipinski definition) is 8. The summed E-state index contributed by atoms with van der Waals surface area (Å²) in [5.41, 5.74) is 1.89. The second-order valence-electron chi connectivity index (χ2n) is 8.72. The van der Waals surface area contributed by atoms with Crippen LogP contribution < -0.4 is 9.64 Å². The molecular formula is C29H24FN3O4S2. The first-order valence-electron chi connectivity index (χ1n) is 12.3. The fourth-order valence-corrected chi connectivity index (χ4v) is 6.00. The van der Waals surface area contributed by atoms with Gasteiger partial charge in [0.15, 0.2) is 4.34 Å². The maximum atomic E-state index is 13.4. The molecular weight excluding hydrogens is 537 g/mol. The Kier molecular flexibility index (Phi) is 8.04. The molecule has 1 N–H and O–H groups in total. The third-order valence-electron chi connectivity index (χ3n) is 6.02. The molecule has 0 aliphatic carbocycles. The Morgan fingerprint density at radius 3 is 2.56 bits per heavy atom. The zero-order valence-corrected chi connectivity index (χ0v) is 22.5. The Hall–Kier alpha value is -4.02. The lowest BCUT2D eigenvalue weighted by Gasteiger charge is -2.23. The molecule has 1 aromatic heterocycles. The number of anilines is 1. The van der Waals surface area contributed by atoms with Gasteiger partial charge in [-0.1, -0.05) is 84.6 Å². The number of aliphatic hydroxyl groups excluding tert-OH is 1. The van der Waals surface area contributed by atoms with E-state index < -0.39 is 17.7 Å². The van der Waals surface area contributed by atoms with Crippen LogP contribution in [0.5, 0.6) is 5.75 Å². The number of nitrogens with zero attached hydrogens (tertiary/aromatic N) is 3. The van der Waals surface area contributed by atoms with Crippen LogP contribution in [0.2, 0.25) is 0 Å². The molecule has 1 amide bonds. The number of benzene rings is 3. The Morgan fingerprint density at radius 1 is 1.05 bits per heavy atom. The van der Waals surface area contributed by atoms with Crippen LogP contribution in [-0.2, 0) is 15.3 Å². The number of carbonyl (C=O) groups is 2. The third kappa shape index (κ3) is 5.71. The van der Waals surface area contributed by atoms with Crippen molar-refractivity contribution in [2.75, 3.05) is 11.5 Å². The standard InChI is InChI=1S/C29H24FN3O4S2/c1-2-15-37-22-10-6-9-20(16-22)24-23(25(34)19-7-4-3-5-8-19)26(35)27(36)33(24)28-31-32-29(39-28)38-17-18-11-13-21(30)14-12-18/h3-14,16,24,34H,2,15,17H2,1H3. The molecule has 10 heteroatoms. The number of rotatable bonds is 9. The van der Waals surface area contributed by atoms with Gasteiger partial charge in [0.2, 0.25) is 5.13 Å². The normalized spacial score (nSPS) is 16.6. The molecule has 3 aromatic carbocycles. The Balaban J connectivity index is 1.53. The first-order valence-corrected chi connectivity index (χ1v) is 14.1. The summed E-state index contributed by atoms with van der Waals surface area (Å²) < 4.78 is 19.6. The molecule has 4 aromatic rings. The van der Waals surface area contributed by atoms with Crippen molar-refractivity contribution in [2.45, 2.75) is 29.5 Å². The van der Waals surface area contributed by atoms with Crippen molar-refractivity contribution in [3.05, 3.63) is 107 Å². The smallest absolute Gasteiger partial charge is 0.301 e. The summed E-state index contributed by atoms with van der Waals surface area (Å²) in [6.07, 6.45) is 0.819. The zero-order valence-electron chi connectivity index (χ0n) is 20.9. The summed E-state index contributed by atoms with van der Waals surface area (Å²) >= 11 is 2.56. The van der Waals surface area contributed by atoms with Crippen molar-refractivity contribution in [1.29, 1.82) is 0 Å². The van der Waals surface area contributed by atoms with Crippen LogP contribution in [-0.4, -0.2) is 33.6 Å². The third-order valence-corrected chi connectivity index (χ3v) is 8.14. The van der Waals surface area contributed by atoms with Gasteiger partial charge in [-0.25, -0.2) is 4.39 Å². The van der Waals surface area contributed by atoms with E-state index in [2.05, 4.69) is 10.2 Å². The van der Waals surface area contributed by atoms with Crippen LogP contribution in [0.3, 0.4) is 0 Å². The summed E-state index contributed by atoms with van der Waals surface area (Å²) in [6, 6.07) is 21.0. The molecule has 7 nitrogen and oxygen atoms in total. The number of thioether (sulfide) groups is 1. The summed E-state index contributed by atoms with van der Waals surface area (Å²) in [5, 5.41) is 19.9. The summed E-state index contributed by atoms with van der Waals surface area (Å²) in [5.74, 6) is -1.07. The highest BCUT2D eigenvalue weighted by Crippen LogP contribution is 2.44. The molecule has 0 bridgehead atoms. The number of Topliss-reactive ketones (excluding diaryl/α,β-unsaturated/α-hetero) is 1. The van der Waals surface area contributed by atoms with Gasteiger partial charge >= 0.3 is 5.91 Å². The lowest BCUT2D eigenvalue weighted by molar-refractivity contribution is -0.132. The zero-order chi connectivity index (χ0) is 27.4. The second kappa shape index (κ2) is 11.8. The van der Waals surface area contributed by atoms with Gasteiger partial charge < -0.3 is 9.84 Å². The minimum Gasteiger partial charge on any atom is -0.507 e. The van der Waals surface area contributed by atoms with Crippen molar-refractivity contribution in [3.8, 4) is 5.75 Å². The van der Waals surface area contributed by atoms with E-state index in [0.29, 0.717) is 33.6 Å². The van der Waals surface area contributed by atoms with E-state index >= 15 is 0 Å². The molecule has 2 heterocycles. The molecule has 1 saturated heterocycles. The molecule has 5 rings (SSSR count). The SMILES string of the molecule is CCCOc1cccc(C2C(=C(O)c3ccccc3)C(=O)C(=O)N2c2nnc(SCc3ccc(F)cc3)s2)c1. The quantitative estimate of drug-likeness (QED) is 0.0833. The van der Waals surface area contributed by atoms with Crippen LogP contribution in [0.25, 0.3) is 5.76 Å². The largest absolute Gasteiger partial charge is 0.507 e. The first kappa shape index (κ1) is 26.6. The van der Waals surface area contributed by atoms with Crippen molar-refractivity contribution < 1.29 is 23.8 Å². The fourth-order valence-electron chi connectivity index (χ4n) is 4.17. The Morgan fingerprint density at radius 2 is 1.82 bits per heavy atom. The number of ether oxygens (including phenoxy) is 1. The molecule has 1 unspecified atom stereocenters. The molecule has 1 aliphatic heterocycles. The van der Waals surface area contributed by atoms with Gasteiger partial charge in [-0.2, -0.15) is 0 Å². The average molecular weight is 562 g/mol. The van der Waals surface area contributed by atoms with Gasteiger partial charge in [-0.05, 0) is 41.8 Å². The van der Waals surface area contributed by atoms with E-state index in [1.807, 2.05) is 6.92 Å². The number of carbonyl (C=O) groups excluding carboxylic acids is 2. The van der Waals surface area contributed by atoms with Crippen LogP contribution in [0.4, 0.5) is 9.52 Å². The molecule has 1 aliphatic rings. The molecule has 0 radical (unpaired) electrons. The van der Waals surface area contributed by atoms with Crippen molar-refractivity contribution >= 4 is 45.7 Å². The number of ketones is 1. The Labute approximate surface area is 233 Å². The minimum absolute atomic E-state index is 0.0328. The van der Waals surface area contributed by atoms with E-state index in [0.717, 1.165) is 12.0 Å².